The highest BCUT2D eigenvalue weighted by molar-refractivity contribution is 7.92. The van der Waals surface area contributed by atoms with Crippen LogP contribution in [0.1, 0.15) is 44.4 Å². The van der Waals surface area contributed by atoms with E-state index in [0.717, 1.165) is 27.3 Å². The minimum atomic E-state index is -3.77. The topological polar surface area (TPSA) is 96.0 Å². The van der Waals surface area contributed by atoms with E-state index < -0.39 is 34.1 Å². The lowest BCUT2D eigenvalue weighted by Gasteiger charge is -2.33. The molecule has 35 heavy (non-hydrogen) atoms. The summed E-state index contributed by atoms with van der Waals surface area (Å²) < 4.78 is 31.8. The molecule has 1 N–H and O–H groups in total. The Morgan fingerprint density at radius 2 is 1.66 bits per heavy atom. The van der Waals surface area contributed by atoms with Gasteiger partial charge < -0.3 is 15.0 Å². The maximum absolute atomic E-state index is 13.6. The first-order valence-corrected chi connectivity index (χ1v) is 13.3. The van der Waals surface area contributed by atoms with Crippen molar-refractivity contribution in [3.8, 4) is 5.75 Å². The van der Waals surface area contributed by atoms with Gasteiger partial charge in [0.05, 0.1) is 19.1 Å². The number of nitrogens with zero attached hydrogens (tertiary/aromatic N) is 2. The van der Waals surface area contributed by atoms with Crippen LogP contribution in [-0.2, 0) is 26.2 Å². The zero-order chi connectivity index (χ0) is 26.6. The van der Waals surface area contributed by atoms with Crippen molar-refractivity contribution in [3.63, 3.8) is 0 Å². The quantitative estimate of drug-likeness (QED) is 0.566. The van der Waals surface area contributed by atoms with Crippen molar-refractivity contribution in [3.05, 3.63) is 59.2 Å². The summed E-state index contributed by atoms with van der Waals surface area (Å²) in [5.74, 6) is -0.135. The number of benzene rings is 2. The lowest BCUT2D eigenvalue weighted by atomic mass is 10.1. The molecule has 0 unspecified atom stereocenters. The normalized spacial score (nSPS) is 12.6. The third kappa shape index (κ3) is 7.99. The predicted octanol–water partition coefficient (Wildman–Crippen LogP) is 3.41. The second-order valence-electron chi connectivity index (χ2n) is 9.84. The van der Waals surface area contributed by atoms with Crippen molar-refractivity contribution in [2.75, 3.05) is 24.2 Å². The SMILES string of the molecule is COc1ccc(CN(C(=O)CN(c2cc(C)ccc2C)S(C)(=O)=O)[C@@H](C)C(=O)NC(C)(C)C)cc1. The van der Waals surface area contributed by atoms with Crippen LogP contribution in [0, 0.1) is 13.8 Å². The molecule has 0 spiro atoms. The number of rotatable bonds is 9. The van der Waals surface area contributed by atoms with Crippen molar-refractivity contribution in [2.45, 2.75) is 59.7 Å². The van der Waals surface area contributed by atoms with Crippen molar-refractivity contribution < 1.29 is 22.7 Å². The van der Waals surface area contributed by atoms with Gasteiger partial charge in [-0.1, -0.05) is 24.3 Å². The first-order valence-electron chi connectivity index (χ1n) is 11.4. The summed E-state index contributed by atoms with van der Waals surface area (Å²) in [6, 6.07) is 11.8. The molecule has 0 aliphatic rings. The molecule has 2 amide bonds. The second kappa shape index (κ2) is 11.1. The highest BCUT2D eigenvalue weighted by Crippen LogP contribution is 2.25. The Morgan fingerprint density at radius 1 is 1.06 bits per heavy atom. The van der Waals surface area contributed by atoms with E-state index in [1.165, 1.54) is 4.90 Å². The van der Waals surface area contributed by atoms with Gasteiger partial charge in [-0.2, -0.15) is 0 Å². The van der Waals surface area contributed by atoms with Gasteiger partial charge in [-0.05, 0) is 76.4 Å². The van der Waals surface area contributed by atoms with Gasteiger partial charge in [0.25, 0.3) is 0 Å². The summed E-state index contributed by atoms with van der Waals surface area (Å²) in [4.78, 5) is 28.0. The number of aryl methyl sites for hydroxylation is 2. The number of hydrogen-bond donors (Lipinski definition) is 1. The number of ether oxygens (including phenoxy) is 1. The highest BCUT2D eigenvalue weighted by atomic mass is 32.2. The molecular weight excluding hydrogens is 466 g/mol. The Kier molecular flexibility index (Phi) is 8.94. The van der Waals surface area contributed by atoms with Gasteiger partial charge in [0, 0.05) is 12.1 Å². The Balaban J connectivity index is 2.44. The third-order valence-corrected chi connectivity index (χ3v) is 6.62. The van der Waals surface area contributed by atoms with Gasteiger partial charge >= 0.3 is 0 Å². The number of anilines is 1. The van der Waals surface area contributed by atoms with Crippen LogP contribution in [-0.4, -0.2) is 56.6 Å². The number of amides is 2. The zero-order valence-corrected chi connectivity index (χ0v) is 22.7. The molecule has 9 heteroatoms. The number of carbonyl (C=O) groups is 2. The Hall–Kier alpha value is -3.07. The van der Waals surface area contributed by atoms with Crippen LogP contribution in [0.3, 0.4) is 0 Å². The van der Waals surface area contributed by atoms with Crippen molar-refractivity contribution >= 4 is 27.5 Å². The summed E-state index contributed by atoms with van der Waals surface area (Å²) >= 11 is 0. The van der Waals surface area contributed by atoms with E-state index in [1.54, 1.807) is 39.2 Å². The van der Waals surface area contributed by atoms with Crippen LogP contribution in [0.15, 0.2) is 42.5 Å². The standard InChI is InChI=1S/C26H37N3O5S/c1-18-9-10-19(2)23(15-18)29(35(8,32)33)17-24(30)28(20(3)25(31)27-26(4,5)6)16-21-11-13-22(34-7)14-12-21/h9-15,20H,16-17H2,1-8H3,(H,27,31)/t20-/m0/s1. The maximum Gasteiger partial charge on any atom is 0.244 e. The van der Waals surface area contributed by atoms with Crippen molar-refractivity contribution in [2.24, 2.45) is 0 Å². The van der Waals surface area contributed by atoms with E-state index in [4.69, 9.17) is 4.74 Å². The molecule has 0 radical (unpaired) electrons. The highest BCUT2D eigenvalue weighted by Gasteiger charge is 2.31. The van der Waals surface area contributed by atoms with Gasteiger partial charge in [-0.15, -0.1) is 0 Å². The van der Waals surface area contributed by atoms with E-state index in [1.807, 2.05) is 52.0 Å². The molecular formula is C26H37N3O5S. The van der Waals surface area contributed by atoms with E-state index in [0.29, 0.717) is 11.4 Å². The van der Waals surface area contributed by atoms with E-state index in [-0.39, 0.29) is 12.5 Å². The largest absolute Gasteiger partial charge is 0.497 e. The third-order valence-electron chi connectivity index (χ3n) is 5.49. The molecule has 0 aliphatic carbocycles. The molecule has 0 saturated heterocycles. The minimum absolute atomic E-state index is 0.131. The number of carbonyl (C=O) groups excluding carboxylic acids is 2. The minimum Gasteiger partial charge on any atom is -0.497 e. The fourth-order valence-electron chi connectivity index (χ4n) is 3.57. The average molecular weight is 504 g/mol. The summed E-state index contributed by atoms with van der Waals surface area (Å²) in [6.45, 7) is 10.6. The van der Waals surface area contributed by atoms with E-state index in [2.05, 4.69) is 5.32 Å². The van der Waals surface area contributed by atoms with Crippen molar-refractivity contribution in [1.29, 1.82) is 0 Å². The molecule has 8 nitrogen and oxygen atoms in total. The summed E-state index contributed by atoms with van der Waals surface area (Å²) in [5, 5.41) is 2.91. The average Bonchev–Trinajstić information content (AvgIpc) is 2.75. The van der Waals surface area contributed by atoms with Crippen LogP contribution < -0.4 is 14.4 Å². The molecule has 192 valence electrons. The van der Waals surface area contributed by atoms with Gasteiger partial charge in [-0.25, -0.2) is 8.42 Å². The molecule has 0 heterocycles. The first-order chi connectivity index (χ1) is 16.1. The van der Waals surface area contributed by atoms with Crippen LogP contribution in [0.5, 0.6) is 5.75 Å². The maximum atomic E-state index is 13.6. The number of sulfonamides is 1. The Morgan fingerprint density at radius 3 is 2.17 bits per heavy atom. The van der Waals surface area contributed by atoms with Crippen LogP contribution in [0.4, 0.5) is 5.69 Å². The summed E-state index contributed by atoms with van der Waals surface area (Å²) in [5.41, 5.74) is 2.34. The van der Waals surface area contributed by atoms with Crippen LogP contribution >= 0.6 is 0 Å². The monoisotopic (exact) mass is 503 g/mol. The van der Waals surface area contributed by atoms with E-state index >= 15 is 0 Å². The van der Waals surface area contributed by atoms with Crippen LogP contribution in [0.25, 0.3) is 0 Å². The van der Waals surface area contributed by atoms with Crippen LogP contribution in [0.2, 0.25) is 0 Å². The number of hydrogen-bond acceptors (Lipinski definition) is 5. The van der Waals surface area contributed by atoms with Gasteiger partial charge in [0.1, 0.15) is 18.3 Å². The van der Waals surface area contributed by atoms with Gasteiger partial charge in [0.2, 0.25) is 21.8 Å². The molecule has 0 fully saturated rings. The second-order valence-corrected chi connectivity index (χ2v) is 11.8. The molecule has 0 aromatic heterocycles. The molecule has 0 bridgehead atoms. The smallest absolute Gasteiger partial charge is 0.244 e. The lowest BCUT2D eigenvalue weighted by molar-refractivity contribution is -0.140. The number of methoxy groups -OCH3 is 1. The summed E-state index contributed by atoms with van der Waals surface area (Å²) in [7, 11) is -2.21. The van der Waals surface area contributed by atoms with E-state index in [9.17, 15) is 18.0 Å². The molecule has 2 aromatic carbocycles. The van der Waals surface area contributed by atoms with Gasteiger partial charge in [-0.3, -0.25) is 13.9 Å². The predicted molar refractivity (Wildman–Crippen MR) is 139 cm³/mol. The van der Waals surface area contributed by atoms with Crippen molar-refractivity contribution in [1.82, 2.24) is 10.2 Å². The Labute approximate surface area is 209 Å². The van der Waals surface area contributed by atoms with Gasteiger partial charge in [0.15, 0.2) is 0 Å². The zero-order valence-electron chi connectivity index (χ0n) is 21.9. The molecule has 0 saturated carbocycles. The summed E-state index contributed by atoms with van der Waals surface area (Å²) in [6.07, 6.45) is 1.08. The molecule has 2 rings (SSSR count). The first kappa shape index (κ1) is 28.2. The lowest BCUT2D eigenvalue weighted by Crippen LogP contribution is -2.54. The fourth-order valence-corrected chi connectivity index (χ4v) is 4.47. The molecule has 1 atom stereocenters. The molecule has 0 aliphatic heterocycles. The molecule has 2 aromatic rings. The fraction of sp³-hybridized carbons (Fsp3) is 0.462. The Bertz CT molecular complexity index is 1150. The number of nitrogens with one attached hydrogen (secondary N) is 1.